The number of fused-ring (bicyclic) bond motifs is 1. The molecule has 1 unspecified atom stereocenters. The minimum atomic E-state index is -0.421. The third-order valence-electron chi connectivity index (χ3n) is 4.39. The average molecular weight is 355 g/mol. The van der Waals surface area contributed by atoms with E-state index in [1.165, 1.54) is 0 Å². The number of nitrogens with one attached hydrogen (secondary N) is 2. The zero-order valence-corrected chi connectivity index (χ0v) is 14.4. The smallest absolute Gasteiger partial charge is 0.268 e. The Hall–Kier alpha value is -3.73. The van der Waals surface area contributed by atoms with Crippen molar-refractivity contribution in [2.45, 2.75) is 6.04 Å². The minimum absolute atomic E-state index is 0.218. The van der Waals surface area contributed by atoms with Gasteiger partial charge in [0.05, 0.1) is 11.7 Å². The monoisotopic (exact) mass is 355 g/mol. The molecule has 2 aromatic carbocycles. The molecule has 4 aromatic rings. The van der Waals surface area contributed by atoms with Crippen molar-refractivity contribution in [3.05, 3.63) is 112 Å². The molecule has 132 valence electrons. The first-order valence-electron chi connectivity index (χ1n) is 8.61. The zero-order chi connectivity index (χ0) is 18.6. The first kappa shape index (κ1) is 16.7. The molecule has 1 atom stereocenters. The van der Waals surface area contributed by atoms with Gasteiger partial charge in [-0.25, -0.2) is 0 Å². The van der Waals surface area contributed by atoms with Crippen molar-refractivity contribution in [3.63, 3.8) is 0 Å². The summed E-state index contributed by atoms with van der Waals surface area (Å²) in [6.45, 7) is 0. The van der Waals surface area contributed by atoms with Crippen molar-refractivity contribution in [1.82, 2.24) is 15.3 Å². The lowest BCUT2D eigenvalue weighted by atomic mass is 10.0. The van der Waals surface area contributed by atoms with Gasteiger partial charge in [-0.2, -0.15) is 0 Å². The van der Waals surface area contributed by atoms with Crippen LogP contribution in [0.3, 0.4) is 0 Å². The van der Waals surface area contributed by atoms with E-state index in [0.29, 0.717) is 5.39 Å². The fraction of sp³-hybridized carbons (Fsp3) is 0.0455. The molecule has 0 aliphatic rings. The van der Waals surface area contributed by atoms with Crippen LogP contribution in [0.15, 0.2) is 89.9 Å². The van der Waals surface area contributed by atoms with E-state index in [1.54, 1.807) is 24.4 Å². The molecule has 0 radical (unpaired) electrons. The lowest BCUT2D eigenvalue weighted by molar-refractivity contribution is 0.0937. The number of H-pyrrole nitrogens is 1. The summed E-state index contributed by atoms with van der Waals surface area (Å²) in [5.41, 5.74) is 1.57. The molecule has 5 nitrogen and oxygen atoms in total. The van der Waals surface area contributed by atoms with Crippen LogP contribution in [0.4, 0.5) is 0 Å². The molecule has 5 heteroatoms. The molecular formula is C22H17N3O2. The van der Waals surface area contributed by atoms with Gasteiger partial charge < -0.3 is 10.3 Å². The number of hydrogen-bond acceptors (Lipinski definition) is 3. The van der Waals surface area contributed by atoms with Gasteiger partial charge in [-0.3, -0.25) is 14.6 Å². The molecule has 2 heterocycles. The van der Waals surface area contributed by atoms with Crippen LogP contribution < -0.4 is 10.9 Å². The molecule has 0 aliphatic carbocycles. The van der Waals surface area contributed by atoms with E-state index in [9.17, 15) is 9.59 Å². The van der Waals surface area contributed by atoms with Gasteiger partial charge in [-0.05, 0) is 35.2 Å². The van der Waals surface area contributed by atoms with E-state index in [-0.39, 0.29) is 17.2 Å². The Morgan fingerprint density at radius 3 is 2.44 bits per heavy atom. The van der Waals surface area contributed by atoms with E-state index in [2.05, 4.69) is 15.3 Å². The first-order chi connectivity index (χ1) is 13.2. The van der Waals surface area contributed by atoms with E-state index in [1.807, 2.05) is 60.7 Å². The Bertz CT molecular complexity index is 1100. The molecule has 2 N–H and O–H groups in total. The number of carbonyl (C=O) groups is 1. The molecule has 0 bridgehead atoms. The van der Waals surface area contributed by atoms with E-state index in [0.717, 1.165) is 16.6 Å². The van der Waals surface area contributed by atoms with Crippen LogP contribution in [-0.2, 0) is 0 Å². The maximum atomic E-state index is 12.9. The third-order valence-corrected chi connectivity index (χ3v) is 4.39. The lowest BCUT2D eigenvalue weighted by Gasteiger charge is -2.19. The van der Waals surface area contributed by atoms with Gasteiger partial charge >= 0.3 is 0 Å². The minimum Gasteiger partial charge on any atom is -0.338 e. The molecule has 0 spiro atoms. The molecule has 0 saturated heterocycles. The summed E-state index contributed by atoms with van der Waals surface area (Å²) in [5, 5.41) is 4.26. The van der Waals surface area contributed by atoms with Crippen molar-refractivity contribution in [3.8, 4) is 0 Å². The molecule has 27 heavy (non-hydrogen) atoms. The van der Waals surface area contributed by atoms with E-state index in [4.69, 9.17) is 0 Å². The lowest BCUT2D eigenvalue weighted by Crippen LogP contribution is -2.31. The number of amides is 1. The second-order valence-electron chi connectivity index (χ2n) is 6.17. The fourth-order valence-electron chi connectivity index (χ4n) is 3.06. The van der Waals surface area contributed by atoms with Crippen LogP contribution >= 0.6 is 0 Å². The summed E-state index contributed by atoms with van der Waals surface area (Å²) in [4.78, 5) is 32.2. The quantitative estimate of drug-likeness (QED) is 0.589. The summed E-state index contributed by atoms with van der Waals surface area (Å²) in [7, 11) is 0. The maximum Gasteiger partial charge on any atom is 0.268 e. The molecular weight excluding hydrogens is 338 g/mol. The topological polar surface area (TPSA) is 74.8 Å². The Morgan fingerprint density at radius 2 is 1.67 bits per heavy atom. The van der Waals surface area contributed by atoms with Crippen molar-refractivity contribution in [2.75, 3.05) is 0 Å². The zero-order valence-electron chi connectivity index (χ0n) is 14.4. The van der Waals surface area contributed by atoms with Crippen molar-refractivity contribution in [2.24, 2.45) is 0 Å². The Labute approximate surface area is 155 Å². The predicted octanol–water partition coefficient (Wildman–Crippen LogP) is 3.44. The van der Waals surface area contributed by atoms with Crippen LogP contribution in [0.5, 0.6) is 0 Å². The largest absolute Gasteiger partial charge is 0.338 e. The highest BCUT2D eigenvalue weighted by Gasteiger charge is 2.19. The second kappa shape index (κ2) is 7.25. The van der Waals surface area contributed by atoms with Crippen molar-refractivity contribution < 1.29 is 4.79 Å². The second-order valence-corrected chi connectivity index (χ2v) is 6.17. The van der Waals surface area contributed by atoms with Gasteiger partial charge in [0.2, 0.25) is 0 Å². The Balaban J connectivity index is 1.71. The first-order valence-corrected chi connectivity index (χ1v) is 8.61. The normalized spacial score (nSPS) is 11.9. The third kappa shape index (κ3) is 3.48. The van der Waals surface area contributed by atoms with E-state index < -0.39 is 6.04 Å². The van der Waals surface area contributed by atoms with Gasteiger partial charge in [0.15, 0.2) is 0 Å². The molecule has 2 aromatic heterocycles. The number of aromatic amines is 1. The molecule has 1 amide bonds. The average Bonchev–Trinajstić information content (AvgIpc) is 2.73. The summed E-state index contributed by atoms with van der Waals surface area (Å²) in [5.74, 6) is -0.364. The number of pyridine rings is 2. The van der Waals surface area contributed by atoms with Crippen LogP contribution in [0.1, 0.15) is 27.8 Å². The standard InChI is InChI=1S/C22H17N3O2/c26-21-17-11-5-4-10-16(17)14-19(24-21)22(27)25-20(15-8-2-1-3-9-15)18-12-6-7-13-23-18/h1-14,20H,(H,24,26)(H,25,27). The SMILES string of the molecule is O=C(NC(c1ccccc1)c1ccccn1)c1cc2ccccc2c(=O)[nH]1. The van der Waals surface area contributed by atoms with Gasteiger partial charge in [0.25, 0.3) is 11.5 Å². The van der Waals surface area contributed by atoms with Crippen LogP contribution in [0.2, 0.25) is 0 Å². The van der Waals surface area contributed by atoms with Gasteiger partial charge in [0.1, 0.15) is 5.69 Å². The van der Waals surface area contributed by atoms with Crippen LogP contribution in [0, 0.1) is 0 Å². The number of aromatic nitrogens is 2. The molecule has 0 saturated carbocycles. The highest BCUT2D eigenvalue weighted by atomic mass is 16.2. The van der Waals surface area contributed by atoms with Crippen molar-refractivity contribution >= 4 is 16.7 Å². The summed E-state index contributed by atoms with van der Waals surface area (Å²) in [6.07, 6.45) is 1.69. The van der Waals surface area contributed by atoms with Crippen molar-refractivity contribution in [1.29, 1.82) is 0 Å². The maximum absolute atomic E-state index is 12.9. The van der Waals surface area contributed by atoms with Crippen LogP contribution in [0.25, 0.3) is 10.8 Å². The number of rotatable bonds is 4. The number of hydrogen-bond donors (Lipinski definition) is 2. The van der Waals surface area contributed by atoms with E-state index >= 15 is 0 Å². The fourth-order valence-corrected chi connectivity index (χ4v) is 3.06. The predicted molar refractivity (Wildman–Crippen MR) is 105 cm³/mol. The molecule has 0 aliphatic heterocycles. The Morgan fingerprint density at radius 1 is 0.926 bits per heavy atom. The molecule has 4 rings (SSSR count). The van der Waals surface area contributed by atoms with Gasteiger partial charge in [-0.1, -0.05) is 54.6 Å². The number of nitrogens with zero attached hydrogens (tertiary/aromatic N) is 1. The molecule has 0 fully saturated rings. The van der Waals surface area contributed by atoms with Gasteiger partial charge in [-0.15, -0.1) is 0 Å². The number of benzene rings is 2. The van der Waals surface area contributed by atoms with Gasteiger partial charge in [0, 0.05) is 11.6 Å². The summed E-state index contributed by atoms with van der Waals surface area (Å²) in [6, 6.07) is 23.6. The highest BCUT2D eigenvalue weighted by Crippen LogP contribution is 2.20. The summed E-state index contributed by atoms with van der Waals surface area (Å²) >= 11 is 0. The van der Waals surface area contributed by atoms with Crippen LogP contribution in [-0.4, -0.2) is 15.9 Å². The number of carbonyl (C=O) groups excluding carboxylic acids is 1. The summed E-state index contributed by atoms with van der Waals surface area (Å²) < 4.78 is 0. The Kier molecular flexibility index (Phi) is 4.49. The highest BCUT2D eigenvalue weighted by molar-refractivity contribution is 5.96.